The van der Waals surface area contributed by atoms with Crippen LogP contribution in [0.4, 0.5) is 5.69 Å². The molecule has 0 fully saturated rings. The molecule has 2 aromatic carbocycles. The molecule has 0 unspecified atom stereocenters. The molecule has 0 aliphatic carbocycles. The number of hydrazine groups is 1. The lowest BCUT2D eigenvalue weighted by Gasteiger charge is -2.12. The van der Waals surface area contributed by atoms with Crippen LogP contribution in [0.2, 0.25) is 0 Å². The second-order valence-electron chi connectivity index (χ2n) is 5.38. The van der Waals surface area contributed by atoms with E-state index in [4.69, 9.17) is 9.47 Å². The van der Waals surface area contributed by atoms with E-state index in [1.807, 2.05) is 6.92 Å². The van der Waals surface area contributed by atoms with Gasteiger partial charge in [-0.1, -0.05) is 18.2 Å². The summed E-state index contributed by atoms with van der Waals surface area (Å²) < 4.78 is 10.8. The van der Waals surface area contributed by atoms with Crippen LogP contribution in [-0.2, 0) is 4.79 Å². The summed E-state index contributed by atoms with van der Waals surface area (Å²) in [6.07, 6.45) is 0. The molecular formula is C18H19N3O6. The average molecular weight is 373 g/mol. The number of nitrogens with one attached hydrogen (secondary N) is 2. The molecule has 2 N–H and O–H groups in total. The molecule has 0 bridgehead atoms. The van der Waals surface area contributed by atoms with Crippen LogP contribution in [0.3, 0.4) is 0 Å². The third-order valence-electron chi connectivity index (χ3n) is 3.57. The maximum atomic E-state index is 12.1. The minimum absolute atomic E-state index is 0.0899. The molecule has 2 aromatic rings. The number of amides is 2. The van der Waals surface area contributed by atoms with Crippen molar-refractivity contribution in [3.05, 3.63) is 63.7 Å². The molecule has 2 amide bonds. The summed E-state index contributed by atoms with van der Waals surface area (Å²) in [7, 11) is 0. The van der Waals surface area contributed by atoms with Crippen LogP contribution in [0.5, 0.6) is 11.5 Å². The van der Waals surface area contributed by atoms with Crippen LogP contribution >= 0.6 is 0 Å². The van der Waals surface area contributed by atoms with Crippen LogP contribution in [0, 0.1) is 17.0 Å². The fourth-order valence-corrected chi connectivity index (χ4v) is 2.28. The lowest BCUT2D eigenvalue weighted by atomic mass is 10.1. The van der Waals surface area contributed by atoms with Crippen molar-refractivity contribution < 1.29 is 24.0 Å². The quantitative estimate of drug-likeness (QED) is 0.567. The number of benzene rings is 2. The van der Waals surface area contributed by atoms with Gasteiger partial charge in [-0.15, -0.1) is 0 Å². The fraction of sp³-hybridized carbons (Fsp3) is 0.222. The highest BCUT2D eigenvalue weighted by molar-refractivity contribution is 5.97. The summed E-state index contributed by atoms with van der Waals surface area (Å²) in [4.78, 5) is 34.4. The van der Waals surface area contributed by atoms with Crippen molar-refractivity contribution in [2.75, 3.05) is 13.2 Å². The van der Waals surface area contributed by atoms with Crippen LogP contribution in [0.25, 0.3) is 0 Å². The van der Waals surface area contributed by atoms with Crippen LogP contribution in [0.15, 0.2) is 42.5 Å². The van der Waals surface area contributed by atoms with Crippen molar-refractivity contribution in [2.45, 2.75) is 13.8 Å². The van der Waals surface area contributed by atoms with Gasteiger partial charge in [0.25, 0.3) is 17.5 Å². The highest BCUT2D eigenvalue weighted by atomic mass is 16.6. The first-order chi connectivity index (χ1) is 12.9. The van der Waals surface area contributed by atoms with Gasteiger partial charge in [-0.3, -0.25) is 30.6 Å². The van der Waals surface area contributed by atoms with E-state index in [1.165, 1.54) is 25.1 Å². The third kappa shape index (κ3) is 5.18. The van der Waals surface area contributed by atoms with E-state index in [0.29, 0.717) is 18.1 Å². The number of nitro groups is 1. The molecule has 0 aliphatic heterocycles. The minimum Gasteiger partial charge on any atom is -0.490 e. The summed E-state index contributed by atoms with van der Waals surface area (Å²) >= 11 is 0. The fourth-order valence-electron chi connectivity index (χ4n) is 2.28. The Bertz CT molecular complexity index is 853. The number of nitro benzene ring substituents is 1. The number of carbonyl (C=O) groups excluding carboxylic acids is 2. The zero-order valence-electron chi connectivity index (χ0n) is 14.9. The van der Waals surface area contributed by atoms with Crippen LogP contribution in [-0.4, -0.2) is 30.0 Å². The lowest BCUT2D eigenvalue weighted by Crippen LogP contribution is -2.44. The zero-order valence-corrected chi connectivity index (χ0v) is 14.9. The summed E-state index contributed by atoms with van der Waals surface area (Å²) in [6.45, 7) is 3.39. The van der Waals surface area contributed by atoms with Crippen molar-refractivity contribution in [1.82, 2.24) is 10.9 Å². The second-order valence-corrected chi connectivity index (χ2v) is 5.38. The maximum absolute atomic E-state index is 12.1. The molecular weight excluding hydrogens is 354 g/mol. The number of ether oxygens (including phenoxy) is 2. The molecule has 27 heavy (non-hydrogen) atoms. The monoisotopic (exact) mass is 373 g/mol. The number of rotatable bonds is 7. The summed E-state index contributed by atoms with van der Waals surface area (Å²) in [5.41, 5.74) is 4.53. The smallest absolute Gasteiger partial charge is 0.276 e. The molecule has 2 rings (SSSR count). The standard InChI is InChI=1S/C18H19N3O6/c1-3-26-15-9-4-5-10-16(15)27-11-17(22)19-20-18(23)13-7-6-8-14(12(13)2)21(24)25/h4-10H,3,11H2,1-2H3,(H,19,22)(H,20,23). The van der Waals surface area contributed by atoms with E-state index < -0.39 is 16.7 Å². The highest BCUT2D eigenvalue weighted by Crippen LogP contribution is 2.26. The first-order valence-electron chi connectivity index (χ1n) is 8.11. The Balaban J connectivity index is 1.92. The van der Waals surface area contributed by atoms with Crippen LogP contribution < -0.4 is 20.3 Å². The van der Waals surface area contributed by atoms with Gasteiger partial charge in [0.15, 0.2) is 18.1 Å². The number of hydrogen-bond donors (Lipinski definition) is 2. The predicted molar refractivity (Wildman–Crippen MR) is 96.5 cm³/mol. The Morgan fingerprint density at radius 2 is 1.70 bits per heavy atom. The predicted octanol–water partition coefficient (Wildman–Crippen LogP) is 2.14. The summed E-state index contributed by atoms with van der Waals surface area (Å²) in [5.74, 6) is -0.364. The largest absolute Gasteiger partial charge is 0.490 e. The van der Waals surface area contributed by atoms with Gasteiger partial charge in [0.1, 0.15) is 0 Å². The van der Waals surface area contributed by atoms with Gasteiger partial charge in [0.2, 0.25) is 0 Å². The van der Waals surface area contributed by atoms with Gasteiger partial charge in [0, 0.05) is 11.6 Å². The van der Waals surface area contributed by atoms with E-state index in [9.17, 15) is 19.7 Å². The topological polar surface area (TPSA) is 120 Å². The van der Waals surface area contributed by atoms with Gasteiger partial charge in [-0.2, -0.15) is 0 Å². The van der Waals surface area contributed by atoms with E-state index >= 15 is 0 Å². The van der Waals surface area contributed by atoms with Gasteiger partial charge in [-0.05, 0) is 32.0 Å². The molecule has 9 nitrogen and oxygen atoms in total. The molecule has 0 saturated heterocycles. The van der Waals surface area contributed by atoms with Gasteiger partial charge < -0.3 is 9.47 Å². The van der Waals surface area contributed by atoms with E-state index in [0.717, 1.165) is 0 Å². The molecule has 142 valence electrons. The molecule has 0 heterocycles. The lowest BCUT2D eigenvalue weighted by molar-refractivity contribution is -0.385. The number of para-hydroxylation sites is 2. The van der Waals surface area contributed by atoms with E-state index in [1.54, 1.807) is 24.3 Å². The van der Waals surface area contributed by atoms with Gasteiger partial charge >= 0.3 is 0 Å². The molecule has 0 aromatic heterocycles. The first-order valence-corrected chi connectivity index (χ1v) is 8.11. The Morgan fingerprint density at radius 3 is 2.33 bits per heavy atom. The third-order valence-corrected chi connectivity index (χ3v) is 3.57. The minimum atomic E-state index is -0.667. The number of carbonyl (C=O) groups is 2. The molecule has 0 atom stereocenters. The van der Waals surface area contributed by atoms with Gasteiger partial charge in [0.05, 0.1) is 17.1 Å². The van der Waals surface area contributed by atoms with Crippen molar-refractivity contribution in [3.63, 3.8) is 0 Å². The molecule has 0 saturated carbocycles. The Hall–Kier alpha value is -3.62. The van der Waals surface area contributed by atoms with Crippen LogP contribution in [0.1, 0.15) is 22.8 Å². The average Bonchev–Trinajstić information content (AvgIpc) is 2.65. The number of hydrogen-bond acceptors (Lipinski definition) is 6. The van der Waals surface area contributed by atoms with Gasteiger partial charge in [-0.25, -0.2) is 0 Å². The maximum Gasteiger partial charge on any atom is 0.276 e. The van der Waals surface area contributed by atoms with Crippen molar-refractivity contribution in [1.29, 1.82) is 0 Å². The Kier molecular flexibility index (Phi) is 6.70. The SMILES string of the molecule is CCOc1ccccc1OCC(=O)NNC(=O)c1cccc([N+](=O)[O-])c1C. The van der Waals surface area contributed by atoms with E-state index in [-0.39, 0.29) is 23.4 Å². The normalized spacial score (nSPS) is 10.0. The molecule has 0 radical (unpaired) electrons. The zero-order chi connectivity index (χ0) is 19.8. The van der Waals surface area contributed by atoms with Crippen molar-refractivity contribution in [2.24, 2.45) is 0 Å². The Morgan fingerprint density at radius 1 is 1.04 bits per heavy atom. The molecule has 0 spiro atoms. The summed E-state index contributed by atoms with van der Waals surface area (Å²) in [6, 6.07) is 11.0. The summed E-state index contributed by atoms with van der Waals surface area (Å²) in [5, 5.41) is 10.9. The second kappa shape index (κ2) is 9.18. The Labute approximate surface area is 155 Å². The first kappa shape index (κ1) is 19.7. The van der Waals surface area contributed by atoms with E-state index in [2.05, 4.69) is 10.9 Å². The molecule has 0 aliphatic rings. The van der Waals surface area contributed by atoms with Crippen molar-refractivity contribution >= 4 is 17.5 Å². The number of nitrogens with zero attached hydrogens (tertiary/aromatic N) is 1. The van der Waals surface area contributed by atoms with Crippen molar-refractivity contribution in [3.8, 4) is 11.5 Å². The highest BCUT2D eigenvalue weighted by Gasteiger charge is 2.18. The molecule has 9 heteroatoms.